The van der Waals surface area contributed by atoms with Crippen molar-refractivity contribution >= 4 is 58.0 Å². The lowest BCUT2D eigenvalue weighted by atomic mass is 10.1. The van der Waals surface area contributed by atoms with E-state index in [0.29, 0.717) is 0 Å². The van der Waals surface area contributed by atoms with Crippen LogP contribution in [0.25, 0.3) is 6.08 Å². The van der Waals surface area contributed by atoms with Gasteiger partial charge in [-0.1, -0.05) is 121 Å². The number of carbonyl (C=O) groups is 4. The summed E-state index contributed by atoms with van der Waals surface area (Å²) in [6, 6.07) is 37.9. The Labute approximate surface area is 256 Å². The van der Waals surface area contributed by atoms with Gasteiger partial charge < -0.3 is 19.7 Å². The minimum Gasteiger partial charge on any atom is -0.481 e. The summed E-state index contributed by atoms with van der Waals surface area (Å²) >= 11 is 0. The number of methoxy groups -OCH3 is 2. The third-order valence-electron chi connectivity index (χ3n) is 6.50. The van der Waals surface area contributed by atoms with E-state index in [1.807, 2.05) is 109 Å². The Morgan fingerprint density at radius 3 is 1.27 bits per heavy atom. The Kier molecular flexibility index (Phi) is 12.4. The predicted molar refractivity (Wildman–Crippen MR) is 173 cm³/mol. The van der Waals surface area contributed by atoms with E-state index < -0.39 is 30.8 Å². The fourth-order valence-corrected chi connectivity index (χ4v) is 9.11. The number of carboxylic acids is 2. The quantitative estimate of drug-likeness (QED) is 0.152. The minimum absolute atomic E-state index is 0.126. The molecule has 0 saturated heterocycles. The first-order chi connectivity index (χ1) is 21.2. The summed E-state index contributed by atoms with van der Waals surface area (Å²) in [5, 5.41) is 21.3. The van der Waals surface area contributed by atoms with E-state index >= 15 is 0 Å². The van der Waals surface area contributed by atoms with E-state index in [9.17, 15) is 24.3 Å². The van der Waals surface area contributed by atoms with Crippen LogP contribution in [0.15, 0.2) is 127 Å². The highest BCUT2D eigenvalue weighted by Crippen LogP contribution is 2.47. The first kappa shape index (κ1) is 33.3. The number of rotatable bonds is 10. The lowest BCUT2D eigenvalue weighted by Crippen LogP contribution is -2.35. The zero-order chi connectivity index (χ0) is 32.0. The van der Waals surface area contributed by atoms with Crippen LogP contribution in [0.2, 0.25) is 0 Å². The number of ether oxygens (including phenoxy) is 2. The second-order valence-corrected chi connectivity index (χ2v) is 12.8. The van der Waals surface area contributed by atoms with E-state index in [0.717, 1.165) is 21.5 Å². The van der Waals surface area contributed by atoms with Gasteiger partial charge in [0.2, 0.25) is 0 Å². The monoisotopic (exact) mass is 612 g/mol. The Balaban J connectivity index is 0.000000281. The summed E-state index contributed by atoms with van der Waals surface area (Å²) in [6.07, 6.45) is 0.778. The topological polar surface area (TPSA) is 127 Å². The van der Waals surface area contributed by atoms with E-state index in [-0.39, 0.29) is 23.7 Å². The van der Waals surface area contributed by atoms with Crippen LogP contribution in [0.5, 0.6) is 0 Å². The standard InChI is InChI=1S/C23H21O4P.C12H12O4/c1-27-23(26)21(17-22(24)25)28(18-11-5-2-6-12-18,19-13-7-3-8-14-19)20-15-9-4-10-16-20;1-16-12(15)10(8-11(13)14)7-9-5-3-2-4-6-9/h2-16H,17H2,1H3,(H,24,25);2-7H,8H2,1H3,(H,13,14). The van der Waals surface area contributed by atoms with Gasteiger partial charge in [-0.3, -0.25) is 9.59 Å². The number of carbonyl (C=O) groups excluding carboxylic acids is 2. The smallest absolute Gasteiger partial charge is 0.335 e. The fourth-order valence-electron chi connectivity index (χ4n) is 4.68. The van der Waals surface area contributed by atoms with E-state index in [1.165, 1.54) is 20.3 Å². The second-order valence-electron chi connectivity index (χ2n) is 9.33. The summed E-state index contributed by atoms with van der Waals surface area (Å²) in [5.41, 5.74) is 0.894. The van der Waals surface area contributed by atoms with Gasteiger partial charge in [0.1, 0.15) is 0 Å². The maximum atomic E-state index is 12.9. The van der Waals surface area contributed by atoms with E-state index in [1.54, 1.807) is 12.1 Å². The SMILES string of the molecule is COC(=O)C(=Cc1ccccc1)CC(=O)O.COC(=O)C(CC(=O)O)=P(c1ccccc1)(c1ccccc1)c1ccccc1. The molecule has 4 aromatic carbocycles. The number of aliphatic carboxylic acids is 2. The molecule has 0 amide bonds. The summed E-state index contributed by atoms with van der Waals surface area (Å²) in [4.78, 5) is 46.5. The minimum atomic E-state index is -2.73. The highest BCUT2D eigenvalue weighted by atomic mass is 31.2. The molecule has 226 valence electrons. The molecule has 0 saturated carbocycles. The molecule has 0 spiro atoms. The molecule has 0 aromatic heterocycles. The van der Waals surface area contributed by atoms with Gasteiger partial charge in [-0.2, -0.15) is 0 Å². The van der Waals surface area contributed by atoms with Gasteiger partial charge in [0.15, 0.2) is 0 Å². The molecule has 0 heterocycles. The molecule has 4 rings (SSSR count). The Bertz CT molecular complexity index is 1550. The van der Waals surface area contributed by atoms with Gasteiger partial charge in [0, 0.05) is 5.57 Å². The largest absolute Gasteiger partial charge is 0.481 e. The zero-order valence-electron chi connectivity index (χ0n) is 24.3. The summed E-state index contributed by atoms with van der Waals surface area (Å²) in [6.45, 7) is -2.73. The summed E-state index contributed by atoms with van der Waals surface area (Å²) in [5.74, 6) is -3.33. The predicted octanol–water partition coefficient (Wildman–Crippen LogP) is 4.52. The molecule has 4 aromatic rings. The summed E-state index contributed by atoms with van der Waals surface area (Å²) in [7, 11) is 2.52. The van der Waals surface area contributed by atoms with Crippen molar-refractivity contribution in [2.45, 2.75) is 12.8 Å². The molecule has 0 aliphatic heterocycles. The van der Waals surface area contributed by atoms with E-state index in [4.69, 9.17) is 9.84 Å². The lowest BCUT2D eigenvalue weighted by Gasteiger charge is -2.31. The maximum absolute atomic E-state index is 12.9. The molecule has 0 unspecified atom stereocenters. The highest BCUT2D eigenvalue weighted by molar-refractivity contribution is 7.96. The van der Waals surface area contributed by atoms with Gasteiger partial charge in [0.05, 0.1) is 32.4 Å². The van der Waals surface area contributed by atoms with Crippen molar-refractivity contribution in [3.63, 3.8) is 0 Å². The molecule has 8 nitrogen and oxygen atoms in total. The van der Waals surface area contributed by atoms with Gasteiger partial charge in [0.25, 0.3) is 0 Å². The highest BCUT2D eigenvalue weighted by Gasteiger charge is 2.34. The molecule has 0 aliphatic carbocycles. The molecular weight excluding hydrogens is 579 g/mol. The van der Waals surface area contributed by atoms with Gasteiger partial charge in [-0.05, 0) is 34.4 Å². The van der Waals surface area contributed by atoms with Crippen molar-refractivity contribution < 1.29 is 38.9 Å². The number of benzene rings is 4. The molecule has 0 aliphatic rings. The van der Waals surface area contributed by atoms with Crippen LogP contribution in [0.4, 0.5) is 0 Å². The molecule has 0 radical (unpaired) electrons. The molecular formula is C35H33O8P. The zero-order valence-corrected chi connectivity index (χ0v) is 25.2. The fraction of sp³-hybridized carbons (Fsp3) is 0.114. The number of hydrogen-bond donors (Lipinski definition) is 2. The van der Waals surface area contributed by atoms with Crippen molar-refractivity contribution in [3.8, 4) is 0 Å². The van der Waals surface area contributed by atoms with Crippen molar-refractivity contribution in [2.24, 2.45) is 0 Å². The number of carboxylic acid groups (broad SMARTS) is 2. The number of esters is 2. The van der Waals surface area contributed by atoms with Crippen LogP contribution < -0.4 is 15.9 Å². The first-order valence-corrected chi connectivity index (χ1v) is 15.3. The van der Waals surface area contributed by atoms with Crippen LogP contribution in [0, 0.1) is 0 Å². The molecule has 2 N–H and O–H groups in total. The average Bonchev–Trinajstić information content (AvgIpc) is 3.05. The summed E-state index contributed by atoms with van der Waals surface area (Å²) < 4.78 is 9.59. The lowest BCUT2D eigenvalue weighted by molar-refractivity contribution is -0.141. The van der Waals surface area contributed by atoms with Crippen LogP contribution in [0.1, 0.15) is 18.4 Å². The normalized spacial score (nSPS) is 10.9. The van der Waals surface area contributed by atoms with Crippen LogP contribution in [0.3, 0.4) is 0 Å². The molecule has 0 fully saturated rings. The van der Waals surface area contributed by atoms with E-state index in [2.05, 4.69) is 4.74 Å². The van der Waals surface area contributed by atoms with Crippen molar-refractivity contribution in [1.82, 2.24) is 0 Å². The third kappa shape index (κ3) is 8.43. The molecule has 9 heteroatoms. The Morgan fingerprint density at radius 2 is 0.932 bits per heavy atom. The third-order valence-corrected chi connectivity index (χ3v) is 10.9. The van der Waals surface area contributed by atoms with Crippen LogP contribution >= 0.6 is 6.89 Å². The average molecular weight is 613 g/mol. The van der Waals surface area contributed by atoms with Gasteiger partial charge in [-0.15, -0.1) is 0 Å². The van der Waals surface area contributed by atoms with Crippen molar-refractivity contribution in [1.29, 1.82) is 0 Å². The number of hydrogen-bond acceptors (Lipinski definition) is 6. The Hall–Kier alpha value is -5.20. The second kappa shape index (κ2) is 16.4. The van der Waals surface area contributed by atoms with Gasteiger partial charge >= 0.3 is 23.9 Å². The molecule has 0 atom stereocenters. The molecule has 44 heavy (non-hydrogen) atoms. The Morgan fingerprint density at radius 1 is 0.568 bits per heavy atom. The molecule has 0 bridgehead atoms. The first-order valence-electron chi connectivity index (χ1n) is 13.5. The van der Waals surface area contributed by atoms with Crippen LogP contribution in [-0.2, 0) is 28.7 Å². The van der Waals surface area contributed by atoms with Gasteiger partial charge in [-0.25, -0.2) is 9.59 Å². The van der Waals surface area contributed by atoms with Crippen molar-refractivity contribution in [2.75, 3.05) is 14.2 Å². The van der Waals surface area contributed by atoms with Crippen LogP contribution in [-0.4, -0.2) is 53.6 Å². The maximum Gasteiger partial charge on any atom is 0.335 e. The van der Waals surface area contributed by atoms with Crippen molar-refractivity contribution in [3.05, 3.63) is 132 Å².